The van der Waals surface area contributed by atoms with Crippen LogP contribution in [0, 0.1) is 5.92 Å². The molecule has 2 aromatic heterocycles. The average molecular weight is 492 g/mol. The number of pyridine rings is 1. The summed E-state index contributed by atoms with van der Waals surface area (Å²) in [5.41, 5.74) is 2.20. The number of anilines is 2. The van der Waals surface area contributed by atoms with Crippen LogP contribution in [0.5, 0.6) is 0 Å². The molecule has 0 spiro atoms. The van der Waals surface area contributed by atoms with Gasteiger partial charge >= 0.3 is 5.97 Å². The van der Waals surface area contributed by atoms with Crippen LogP contribution in [0.4, 0.5) is 11.4 Å². The Bertz CT molecular complexity index is 1200. The smallest absolute Gasteiger partial charge is 0.348 e. The number of benzene rings is 1. The van der Waals surface area contributed by atoms with Crippen molar-refractivity contribution < 1.29 is 19.5 Å². The standard InChI is InChI=1S/C27H29N3O4S/c1-17(2)30(26(32)19-8-4-3-5-9-19)22-16-23(35-24(22)27(33)34)18-11-13-20(14-12-18)29-25(31)21-10-6-7-15-28-21/h6-7,10-17,19H,3-5,8-9H2,1-2H3,(H,29,31)(H,33,34). The number of aromatic nitrogens is 1. The van der Waals surface area contributed by atoms with Crippen molar-refractivity contribution in [2.24, 2.45) is 5.92 Å². The van der Waals surface area contributed by atoms with E-state index in [0.717, 1.165) is 53.9 Å². The van der Waals surface area contributed by atoms with Gasteiger partial charge in [-0.25, -0.2) is 4.79 Å². The molecule has 2 N–H and O–H groups in total. The van der Waals surface area contributed by atoms with Gasteiger partial charge in [-0.15, -0.1) is 11.3 Å². The molecule has 0 atom stereocenters. The van der Waals surface area contributed by atoms with Crippen LogP contribution in [0.3, 0.4) is 0 Å². The van der Waals surface area contributed by atoms with Gasteiger partial charge in [0, 0.05) is 28.7 Å². The first-order chi connectivity index (χ1) is 16.8. The second-order valence-corrected chi connectivity index (χ2v) is 10.1. The molecule has 4 rings (SSSR count). The van der Waals surface area contributed by atoms with E-state index >= 15 is 0 Å². The zero-order valence-corrected chi connectivity index (χ0v) is 20.7. The highest BCUT2D eigenvalue weighted by Crippen LogP contribution is 2.39. The van der Waals surface area contributed by atoms with E-state index < -0.39 is 5.97 Å². The van der Waals surface area contributed by atoms with Crippen LogP contribution in [0.2, 0.25) is 0 Å². The van der Waals surface area contributed by atoms with Gasteiger partial charge in [0.05, 0.1) is 5.69 Å². The number of thiophene rings is 1. The van der Waals surface area contributed by atoms with Gasteiger partial charge < -0.3 is 15.3 Å². The molecule has 0 bridgehead atoms. The van der Waals surface area contributed by atoms with E-state index in [1.807, 2.05) is 26.0 Å². The lowest BCUT2D eigenvalue weighted by molar-refractivity contribution is -0.123. The first-order valence-electron chi connectivity index (χ1n) is 11.9. The Kier molecular flexibility index (Phi) is 7.60. The molecule has 1 aromatic carbocycles. The van der Waals surface area contributed by atoms with Crippen molar-refractivity contribution in [3.05, 3.63) is 65.3 Å². The summed E-state index contributed by atoms with van der Waals surface area (Å²) in [4.78, 5) is 44.5. The second-order valence-electron chi connectivity index (χ2n) is 9.01. The minimum Gasteiger partial charge on any atom is -0.477 e. The fraction of sp³-hybridized carbons (Fsp3) is 0.333. The maximum Gasteiger partial charge on any atom is 0.348 e. The van der Waals surface area contributed by atoms with Crippen LogP contribution in [0.1, 0.15) is 66.1 Å². The van der Waals surface area contributed by atoms with E-state index in [1.165, 1.54) is 0 Å². The van der Waals surface area contributed by atoms with Gasteiger partial charge in [0.2, 0.25) is 5.91 Å². The Morgan fingerprint density at radius 1 is 1.06 bits per heavy atom. The summed E-state index contributed by atoms with van der Waals surface area (Å²) in [5.74, 6) is -1.39. The van der Waals surface area contributed by atoms with E-state index in [1.54, 1.807) is 47.5 Å². The molecule has 0 saturated heterocycles. The Balaban J connectivity index is 1.59. The molecule has 35 heavy (non-hydrogen) atoms. The summed E-state index contributed by atoms with van der Waals surface area (Å²) >= 11 is 1.16. The van der Waals surface area contributed by atoms with Crippen LogP contribution in [0.15, 0.2) is 54.7 Å². The van der Waals surface area contributed by atoms with Crippen molar-refractivity contribution in [1.82, 2.24) is 4.98 Å². The zero-order chi connectivity index (χ0) is 24.9. The number of carbonyl (C=O) groups excluding carboxylic acids is 2. The fourth-order valence-corrected chi connectivity index (χ4v) is 5.46. The topological polar surface area (TPSA) is 99.6 Å². The SMILES string of the molecule is CC(C)N(C(=O)C1CCCCC1)c1cc(-c2ccc(NC(=O)c3ccccn3)cc2)sc1C(=O)O. The Morgan fingerprint density at radius 2 is 1.77 bits per heavy atom. The maximum atomic E-state index is 13.4. The number of hydrogen-bond donors (Lipinski definition) is 2. The number of carbonyl (C=O) groups is 3. The van der Waals surface area contributed by atoms with E-state index in [2.05, 4.69) is 10.3 Å². The van der Waals surface area contributed by atoms with Gasteiger partial charge in [-0.05, 0) is 62.6 Å². The summed E-state index contributed by atoms with van der Waals surface area (Å²) in [6.07, 6.45) is 6.48. The summed E-state index contributed by atoms with van der Waals surface area (Å²) in [7, 11) is 0. The molecule has 2 heterocycles. The zero-order valence-electron chi connectivity index (χ0n) is 19.9. The van der Waals surface area contributed by atoms with Crippen LogP contribution in [-0.4, -0.2) is 33.9 Å². The number of carboxylic acid groups (broad SMARTS) is 1. The quantitative estimate of drug-likeness (QED) is 0.417. The largest absolute Gasteiger partial charge is 0.477 e. The van der Waals surface area contributed by atoms with Gasteiger partial charge in [0.1, 0.15) is 10.6 Å². The molecule has 1 saturated carbocycles. The highest BCUT2D eigenvalue weighted by Gasteiger charge is 2.32. The van der Waals surface area contributed by atoms with Gasteiger partial charge in [0.15, 0.2) is 0 Å². The molecule has 182 valence electrons. The Labute approximate surface area is 208 Å². The molecule has 1 fully saturated rings. The number of rotatable bonds is 7. The van der Waals surface area contributed by atoms with Crippen LogP contribution in [-0.2, 0) is 4.79 Å². The monoisotopic (exact) mass is 491 g/mol. The van der Waals surface area contributed by atoms with Crippen LogP contribution >= 0.6 is 11.3 Å². The van der Waals surface area contributed by atoms with Crippen molar-refractivity contribution >= 4 is 40.5 Å². The second kappa shape index (κ2) is 10.8. The first kappa shape index (κ1) is 24.6. The number of carboxylic acids is 1. The molecule has 1 aliphatic rings. The van der Waals surface area contributed by atoms with E-state index in [0.29, 0.717) is 17.1 Å². The summed E-state index contributed by atoms with van der Waals surface area (Å²) in [5, 5.41) is 12.7. The lowest BCUT2D eigenvalue weighted by Gasteiger charge is -2.32. The maximum absolute atomic E-state index is 13.4. The lowest BCUT2D eigenvalue weighted by atomic mass is 9.88. The normalized spacial score (nSPS) is 14.0. The van der Waals surface area contributed by atoms with Gasteiger partial charge in [0.25, 0.3) is 5.91 Å². The third-order valence-corrected chi connectivity index (χ3v) is 7.36. The number of amides is 2. The van der Waals surface area contributed by atoms with E-state index in [-0.39, 0.29) is 28.7 Å². The van der Waals surface area contributed by atoms with Gasteiger partial charge in [-0.2, -0.15) is 0 Å². The molecule has 3 aromatic rings. The van der Waals surface area contributed by atoms with Crippen molar-refractivity contribution in [3.63, 3.8) is 0 Å². The number of hydrogen-bond acceptors (Lipinski definition) is 5. The van der Waals surface area contributed by atoms with Gasteiger partial charge in [-0.1, -0.05) is 37.5 Å². The molecule has 8 heteroatoms. The van der Waals surface area contributed by atoms with Gasteiger partial charge in [-0.3, -0.25) is 14.6 Å². The van der Waals surface area contributed by atoms with E-state index in [4.69, 9.17) is 0 Å². The molecular weight excluding hydrogens is 462 g/mol. The Morgan fingerprint density at radius 3 is 2.37 bits per heavy atom. The van der Waals surface area contributed by atoms with Crippen LogP contribution < -0.4 is 10.2 Å². The predicted molar refractivity (Wildman–Crippen MR) is 138 cm³/mol. The van der Waals surface area contributed by atoms with E-state index in [9.17, 15) is 19.5 Å². The van der Waals surface area contributed by atoms with Crippen molar-refractivity contribution in [2.45, 2.75) is 52.0 Å². The summed E-state index contributed by atoms with van der Waals surface area (Å²) in [6.45, 7) is 3.84. The average Bonchev–Trinajstić information content (AvgIpc) is 3.30. The molecule has 0 radical (unpaired) electrons. The van der Waals surface area contributed by atoms with Crippen LogP contribution in [0.25, 0.3) is 10.4 Å². The summed E-state index contributed by atoms with van der Waals surface area (Å²) in [6, 6.07) is 14.0. The molecule has 1 aliphatic carbocycles. The summed E-state index contributed by atoms with van der Waals surface area (Å²) < 4.78 is 0. The molecular formula is C27H29N3O4S. The molecule has 0 unspecified atom stereocenters. The predicted octanol–water partition coefficient (Wildman–Crippen LogP) is 6.08. The minimum atomic E-state index is -1.04. The molecule has 0 aliphatic heterocycles. The van der Waals surface area contributed by atoms with Crippen molar-refractivity contribution in [3.8, 4) is 10.4 Å². The highest BCUT2D eigenvalue weighted by molar-refractivity contribution is 7.18. The van der Waals surface area contributed by atoms with Crippen molar-refractivity contribution in [2.75, 3.05) is 10.2 Å². The number of nitrogens with one attached hydrogen (secondary N) is 1. The molecule has 7 nitrogen and oxygen atoms in total. The van der Waals surface area contributed by atoms with Crippen molar-refractivity contribution in [1.29, 1.82) is 0 Å². The number of aromatic carboxylic acids is 1. The third kappa shape index (κ3) is 5.59. The third-order valence-electron chi connectivity index (χ3n) is 6.20. The first-order valence-corrected chi connectivity index (χ1v) is 12.7. The minimum absolute atomic E-state index is 0.0131. The molecule has 2 amide bonds. The lowest BCUT2D eigenvalue weighted by Crippen LogP contribution is -2.42. The fourth-order valence-electron chi connectivity index (χ4n) is 4.46. The highest BCUT2D eigenvalue weighted by atomic mass is 32.1. The Hall–Kier alpha value is -3.52. The number of nitrogens with zero attached hydrogens (tertiary/aromatic N) is 2.